The largest absolute Gasteiger partial charge is 0.351 e. The third-order valence-electron chi connectivity index (χ3n) is 3.32. The number of carbonyl (C=O) groups excluding carboxylic acids is 1. The lowest BCUT2D eigenvalue weighted by Gasteiger charge is -2.13. The highest BCUT2D eigenvalue weighted by Gasteiger charge is 2.40. The van der Waals surface area contributed by atoms with Crippen LogP contribution in [0, 0.1) is 5.41 Å². The smallest absolute Gasteiger partial charge is 0.252 e. The molecule has 1 amide bonds. The number of pyridine rings is 1. The predicted octanol–water partition coefficient (Wildman–Crippen LogP) is 2.76. The minimum absolute atomic E-state index is 0.0280. The summed E-state index contributed by atoms with van der Waals surface area (Å²) in [5, 5.41) is 2.98. The van der Waals surface area contributed by atoms with Gasteiger partial charge < -0.3 is 5.32 Å². The molecular weight excluding hydrogens is 268 g/mol. The summed E-state index contributed by atoms with van der Waals surface area (Å²) in [6.07, 6.45) is 5.21. The Morgan fingerprint density at radius 3 is 2.81 bits per heavy atom. The van der Waals surface area contributed by atoms with E-state index in [4.69, 9.17) is 0 Å². The Kier molecular flexibility index (Phi) is 3.28. The van der Waals surface area contributed by atoms with E-state index < -0.39 is 0 Å². The van der Waals surface area contributed by atoms with E-state index in [0.717, 1.165) is 17.6 Å². The standard InChI is InChI=1S/C12H15BrN2O/c1-2-12(5-6-12)8-15-11(16)9-3-4-10(13)14-7-9/h3-4,7H,2,5-6,8H2,1H3,(H,15,16). The van der Waals surface area contributed by atoms with Crippen LogP contribution in [-0.2, 0) is 0 Å². The van der Waals surface area contributed by atoms with E-state index in [0.29, 0.717) is 11.0 Å². The van der Waals surface area contributed by atoms with Gasteiger partial charge in [-0.3, -0.25) is 4.79 Å². The molecular formula is C12H15BrN2O. The van der Waals surface area contributed by atoms with Gasteiger partial charge in [0, 0.05) is 12.7 Å². The van der Waals surface area contributed by atoms with Gasteiger partial charge >= 0.3 is 0 Å². The Hall–Kier alpha value is -0.900. The molecule has 0 aliphatic heterocycles. The van der Waals surface area contributed by atoms with E-state index in [1.807, 2.05) is 0 Å². The molecule has 0 radical (unpaired) electrons. The van der Waals surface area contributed by atoms with Crippen LogP contribution in [0.25, 0.3) is 0 Å². The van der Waals surface area contributed by atoms with Crippen LogP contribution in [0.4, 0.5) is 0 Å². The first-order valence-corrected chi connectivity index (χ1v) is 6.34. The normalized spacial score (nSPS) is 16.9. The molecule has 86 valence electrons. The lowest BCUT2D eigenvalue weighted by Crippen LogP contribution is -2.30. The maximum Gasteiger partial charge on any atom is 0.252 e. The van der Waals surface area contributed by atoms with Crippen molar-refractivity contribution in [3.05, 3.63) is 28.5 Å². The molecule has 1 N–H and O–H groups in total. The monoisotopic (exact) mass is 282 g/mol. The summed E-state index contributed by atoms with van der Waals surface area (Å²) in [5.41, 5.74) is 1.01. The molecule has 1 aromatic heterocycles. The summed E-state index contributed by atoms with van der Waals surface area (Å²) >= 11 is 3.24. The second-order valence-electron chi connectivity index (χ2n) is 4.41. The molecule has 1 aliphatic carbocycles. The second kappa shape index (κ2) is 4.53. The average Bonchev–Trinajstić information content (AvgIpc) is 3.08. The van der Waals surface area contributed by atoms with Gasteiger partial charge in [-0.1, -0.05) is 6.92 Å². The molecule has 0 bridgehead atoms. The summed E-state index contributed by atoms with van der Waals surface area (Å²) in [5.74, 6) is -0.0280. The molecule has 0 aromatic carbocycles. The van der Waals surface area contributed by atoms with Gasteiger partial charge in [0.25, 0.3) is 5.91 Å². The van der Waals surface area contributed by atoms with Gasteiger partial charge in [0.1, 0.15) is 4.60 Å². The van der Waals surface area contributed by atoms with Crippen molar-refractivity contribution in [2.75, 3.05) is 6.54 Å². The molecule has 16 heavy (non-hydrogen) atoms. The first-order valence-electron chi connectivity index (χ1n) is 5.55. The highest BCUT2D eigenvalue weighted by molar-refractivity contribution is 9.10. The van der Waals surface area contributed by atoms with Crippen molar-refractivity contribution in [2.24, 2.45) is 5.41 Å². The van der Waals surface area contributed by atoms with E-state index in [9.17, 15) is 4.79 Å². The number of aromatic nitrogens is 1. The zero-order valence-electron chi connectivity index (χ0n) is 9.29. The van der Waals surface area contributed by atoms with Crippen LogP contribution in [0.15, 0.2) is 22.9 Å². The third kappa shape index (κ3) is 2.61. The maximum absolute atomic E-state index is 11.8. The van der Waals surface area contributed by atoms with Crippen molar-refractivity contribution in [1.29, 1.82) is 0 Å². The topological polar surface area (TPSA) is 42.0 Å². The molecule has 1 aromatic rings. The first-order chi connectivity index (χ1) is 7.65. The van der Waals surface area contributed by atoms with Crippen LogP contribution >= 0.6 is 15.9 Å². The van der Waals surface area contributed by atoms with Crippen molar-refractivity contribution in [3.63, 3.8) is 0 Å². The third-order valence-corrected chi connectivity index (χ3v) is 3.79. The van der Waals surface area contributed by atoms with Crippen molar-refractivity contribution >= 4 is 21.8 Å². The van der Waals surface area contributed by atoms with Crippen molar-refractivity contribution in [1.82, 2.24) is 10.3 Å². The van der Waals surface area contributed by atoms with E-state index in [1.165, 1.54) is 12.8 Å². The van der Waals surface area contributed by atoms with Crippen molar-refractivity contribution in [2.45, 2.75) is 26.2 Å². The fourth-order valence-electron chi connectivity index (χ4n) is 1.71. The summed E-state index contributed by atoms with van der Waals surface area (Å²) < 4.78 is 0.747. The summed E-state index contributed by atoms with van der Waals surface area (Å²) in [6, 6.07) is 3.56. The summed E-state index contributed by atoms with van der Waals surface area (Å²) in [4.78, 5) is 15.8. The van der Waals surface area contributed by atoms with Gasteiger partial charge in [-0.2, -0.15) is 0 Å². The molecule has 0 unspecified atom stereocenters. The minimum Gasteiger partial charge on any atom is -0.351 e. The van der Waals surface area contributed by atoms with Gasteiger partial charge in [-0.05, 0) is 52.7 Å². The summed E-state index contributed by atoms with van der Waals surface area (Å²) in [6.45, 7) is 2.97. The summed E-state index contributed by atoms with van der Waals surface area (Å²) in [7, 11) is 0. The number of carbonyl (C=O) groups is 1. The molecule has 1 saturated carbocycles. The number of hydrogen-bond donors (Lipinski definition) is 1. The number of amides is 1. The van der Waals surface area contributed by atoms with Crippen LogP contribution in [0.2, 0.25) is 0 Å². The molecule has 0 atom stereocenters. The number of halogens is 1. The second-order valence-corrected chi connectivity index (χ2v) is 5.22. The van der Waals surface area contributed by atoms with Crippen molar-refractivity contribution in [3.8, 4) is 0 Å². The number of rotatable bonds is 4. The lowest BCUT2D eigenvalue weighted by atomic mass is 10.0. The predicted molar refractivity (Wildman–Crippen MR) is 66.2 cm³/mol. The maximum atomic E-state index is 11.8. The van der Waals surface area contributed by atoms with Crippen molar-refractivity contribution < 1.29 is 4.79 Å². The number of hydrogen-bond acceptors (Lipinski definition) is 2. The van der Waals surface area contributed by atoms with Gasteiger partial charge in [-0.25, -0.2) is 4.98 Å². The molecule has 1 fully saturated rings. The highest BCUT2D eigenvalue weighted by Crippen LogP contribution is 2.47. The van der Waals surface area contributed by atoms with Crippen LogP contribution in [-0.4, -0.2) is 17.4 Å². The fourth-order valence-corrected chi connectivity index (χ4v) is 1.95. The Balaban J connectivity index is 1.91. The highest BCUT2D eigenvalue weighted by atomic mass is 79.9. The van der Waals surface area contributed by atoms with E-state index in [1.54, 1.807) is 18.3 Å². The van der Waals surface area contributed by atoms with Crippen LogP contribution in [0.5, 0.6) is 0 Å². The van der Waals surface area contributed by atoms with Gasteiger partial charge in [0.2, 0.25) is 0 Å². The SMILES string of the molecule is CCC1(CNC(=O)c2ccc(Br)nc2)CC1. The molecule has 4 heteroatoms. The lowest BCUT2D eigenvalue weighted by molar-refractivity contribution is 0.0944. The Labute approximate surface area is 104 Å². The van der Waals surface area contributed by atoms with Crippen LogP contribution in [0.3, 0.4) is 0 Å². The van der Waals surface area contributed by atoms with E-state index in [-0.39, 0.29) is 5.91 Å². The number of nitrogens with one attached hydrogen (secondary N) is 1. The quantitative estimate of drug-likeness (QED) is 0.863. The molecule has 1 aliphatic rings. The Morgan fingerprint density at radius 1 is 1.56 bits per heavy atom. The Bertz CT molecular complexity index is 385. The first kappa shape index (κ1) is 11.6. The fraction of sp³-hybridized carbons (Fsp3) is 0.500. The zero-order valence-corrected chi connectivity index (χ0v) is 10.9. The molecule has 0 spiro atoms. The van der Waals surface area contributed by atoms with E-state index >= 15 is 0 Å². The van der Waals surface area contributed by atoms with Crippen LogP contribution < -0.4 is 5.32 Å². The van der Waals surface area contributed by atoms with Gasteiger partial charge in [0.15, 0.2) is 0 Å². The average molecular weight is 283 g/mol. The minimum atomic E-state index is -0.0280. The molecule has 0 saturated heterocycles. The number of nitrogens with zero attached hydrogens (tertiary/aromatic N) is 1. The van der Waals surface area contributed by atoms with E-state index in [2.05, 4.69) is 33.2 Å². The van der Waals surface area contributed by atoms with Gasteiger partial charge in [0.05, 0.1) is 5.56 Å². The Morgan fingerprint density at radius 2 is 2.31 bits per heavy atom. The molecule has 3 nitrogen and oxygen atoms in total. The van der Waals surface area contributed by atoms with Crippen LogP contribution in [0.1, 0.15) is 36.5 Å². The molecule has 2 rings (SSSR count). The van der Waals surface area contributed by atoms with Gasteiger partial charge in [-0.15, -0.1) is 0 Å². The zero-order chi connectivity index (χ0) is 11.6. The molecule has 1 heterocycles.